The van der Waals surface area contributed by atoms with E-state index in [0.717, 1.165) is 16.8 Å². The third kappa shape index (κ3) is 5.11. The molecule has 0 spiro atoms. The largest absolute Gasteiger partial charge is 0.347 e. The van der Waals surface area contributed by atoms with Crippen LogP contribution in [0.5, 0.6) is 0 Å². The Balaban J connectivity index is 1.60. The van der Waals surface area contributed by atoms with Crippen LogP contribution in [0, 0.1) is 12.7 Å². The van der Waals surface area contributed by atoms with Crippen molar-refractivity contribution in [2.24, 2.45) is 0 Å². The minimum atomic E-state index is -0.455. The van der Waals surface area contributed by atoms with Gasteiger partial charge in [0, 0.05) is 17.5 Å². The standard InChI is InChI=1S/C19H16ClFN4O2S/c1-11-6-12(2-4-14(11)21)8-22-18(26)15-7-16(25-10-24-15)19(27)23-9-13-3-5-17(20)28-13/h2-7,10H,8-9H2,1H3,(H,22,26)(H,23,27). The first kappa shape index (κ1) is 19.9. The van der Waals surface area contributed by atoms with Crippen molar-refractivity contribution >= 4 is 34.8 Å². The van der Waals surface area contributed by atoms with Crippen LogP contribution in [0.25, 0.3) is 0 Å². The minimum absolute atomic E-state index is 0.0677. The molecule has 2 aromatic heterocycles. The van der Waals surface area contributed by atoms with Crippen LogP contribution in [0.15, 0.2) is 42.7 Å². The van der Waals surface area contributed by atoms with Crippen molar-refractivity contribution in [1.29, 1.82) is 0 Å². The molecule has 6 nitrogen and oxygen atoms in total. The number of nitrogens with zero attached hydrogens (tertiary/aromatic N) is 2. The van der Waals surface area contributed by atoms with Crippen LogP contribution >= 0.6 is 22.9 Å². The normalized spacial score (nSPS) is 10.5. The molecule has 3 rings (SSSR count). The number of hydrogen-bond donors (Lipinski definition) is 2. The Labute approximate surface area is 169 Å². The molecule has 2 heterocycles. The average molecular weight is 419 g/mol. The Morgan fingerprint density at radius 2 is 1.71 bits per heavy atom. The molecule has 2 amide bonds. The molecule has 28 heavy (non-hydrogen) atoms. The molecule has 0 atom stereocenters. The second kappa shape index (κ2) is 8.90. The summed E-state index contributed by atoms with van der Waals surface area (Å²) in [5.74, 6) is -1.18. The zero-order valence-electron chi connectivity index (χ0n) is 14.8. The molecular formula is C19H16ClFN4O2S. The van der Waals surface area contributed by atoms with Crippen LogP contribution in [0.2, 0.25) is 4.34 Å². The zero-order chi connectivity index (χ0) is 20.1. The summed E-state index contributed by atoms with van der Waals surface area (Å²) in [5, 5.41) is 5.41. The summed E-state index contributed by atoms with van der Waals surface area (Å²) in [4.78, 5) is 33.3. The highest BCUT2D eigenvalue weighted by molar-refractivity contribution is 7.16. The van der Waals surface area contributed by atoms with Crippen molar-refractivity contribution in [3.8, 4) is 0 Å². The van der Waals surface area contributed by atoms with Gasteiger partial charge in [0.1, 0.15) is 23.5 Å². The van der Waals surface area contributed by atoms with Crippen molar-refractivity contribution in [3.63, 3.8) is 0 Å². The molecule has 0 aliphatic rings. The molecule has 0 aliphatic heterocycles. The van der Waals surface area contributed by atoms with Crippen LogP contribution in [0.4, 0.5) is 4.39 Å². The number of amides is 2. The van der Waals surface area contributed by atoms with Gasteiger partial charge in [0.05, 0.1) is 10.9 Å². The van der Waals surface area contributed by atoms with E-state index in [1.54, 1.807) is 25.1 Å². The van der Waals surface area contributed by atoms with E-state index in [-0.39, 0.29) is 23.7 Å². The number of aromatic nitrogens is 2. The Bertz CT molecular complexity index is 1020. The van der Waals surface area contributed by atoms with E-state index in [2.05, 4.69) is 20.6 Å². The second-order valence-corrected chi connectivity index (χ2v) is 7.74. The second-order valence-electron chi connectivity index (χ2n) is 5.94. The number of carbonyl (C=O) groups is 2. The lowest BCUT2D eigenvalue weighted by atomic mass is 10.1. The zero-order valence-corrected chi connectivity index (χ0v) is 16.4. The maximum atomic E-state index is 13.3. The van der Waals surface area contributed by atoms with Crippen LogP contribution in [0.3, 0.4) is 0 Å². The smallest absolute Gasteiger partial charge is 0.270 e. The predicted molar refractivity (Wildman–Crippen MR) is 105 cm³/mol. The van der Waals surface area contributed by atoms with Crippen molar-refractivity contribution in [2.75, 3.05) is 0 Å². The summed E-state index contributed by atoms with van der Waals surface area (Å²) >= 11 is 7.23. The number of halogens is 2. The van der Waals surface area contributed by atoms with Gasteiger partial charge in [-0.25, -0.2) is 14.4 Å². The maximum Gasteiger partial charge on any atom is 0.270 e. The van der Waals surface area contributed by atoms with E-state index in [1.165, 1.54) is 23.5 Å². The molecule has 2 N–H and O–H groups in total. The molecule has 0 unspecified atom stereocenters. The van der Waals surface area contributed by atoms with Gasteiger partial charge in [-0.3, -0.25) is 9.59 Å². The summed E-state index contributed by atoms with van der Waals surface area (Å²) in [6.07, 6.45) is 1.16. The van der Waals surface area contributed by atoms with Gasteiger partial charge < -0.3 is 10.6 Å². The highest BCUT2D eigenvalue weighted by Gasteiger charge is 2.13. The summed E-state index contributed by atoms with van der Waals surface area (Å²) in [6.45, 7) is 2.18. The monoisotopic (exact) mass is 418 g/mol. The van der Waals surface area contributed by atoms with E-state index in [4.69, 9.17) is 11.6 Å². The molecule has 0 radical (unpaired) electrons. The van der Waals surface area contributed by atoms with Gasteiger partial charge in [-0.1, -0.05) is 23.7 Å². The number of nitrogens with one attached hydrogen (secondary N) is 2. The molecule has 0 aliphatic carbocycles. The Morgan fingerprint density at radius 3 is 2.32 bits per heavy atom. The predicted octanol–water partition coefficient (Wildman–Crippen LogP) is 3.50. The molecule has 9 heteroatoms. The molecule has 0 fully saturated rings. The topological polar surface area (TPSA) is 84.0 Å². The fourth-order valence-corrected chi connectivity index (χ4v) is 3.43. The minimum Gasteiger partial charge on any atom is -0.347 e. The number of carbonyl (C=O) groups excluding carboxylic acids is 2. The van der Waals surface area contributed by atoms with Gasteiger partial charge in [-0.15, -0.1) is 11.3 Å². The van der Waals surface area contributed by atoms with Crippen molar-refractivity contribution in [3.05, 3.63) is 80.3 Å². The lowest BCUT2D eigenvalue weighted by Crippen LogP contribution is -2.27. The molecule has 3 aromatic rings. The van der Waals surface area contributed by atoms with E-state index in [1.807, 2.05) is 6.07 Å². The Hall–Kier alpha value is -2.84. The summed E-state index contributed by atoms with van der Waals surface area (Å²) < 4.78 is 13.9. The maximum absolute atomic E-state index is 13.3. The van der Waals surface area contributed by atoms with Gasteiger partial charge in [0.25, 0.3) is 11.8 Å². The van der Waals surface area contributed by atoms with E-state index in [0.29, 0.717) is 16.4 Å². The number of rotatable bonds is 6. The third-order valence-electron chi connectivity index (χ3n) is 3.86. The highest BCUT2D eigenvalue weighted by atomic mass is 35.5. The first-order valence-corrected chi connectivity index (χ1v) is 9.49. The average Bonchev–Trinajstić information content (AvgIpc) is 3.12. The first-order valence-electron chi connectivity index (χ1n) is 8.30. The third-order valence-corrected chi connectivity index (χ3v) is 5.09. The summed E-state index contributed by atoms with van der Waals surface area (Å²) in [7, 11) is 0. The fourth-order valence-electron chi connectivity index (χ4n) is 2.40. The first-order chi connectivity index (χ1) is 13.4. The van der Waals surface area contributed by atoms with Crippen LogP contribution < -0.4 is 10.6 Å². The lowest BCUT2D eigenvalue weighted by molar-refractivity contribution is 0.0944. The number of benzene rings is 1. The number of aryl methyl sites for hydroxylation is 1. The van der Waals surface area contributed by atoms with Gasteiger partial charge in [0.2, 0.25) is 0 Å². The summed E-state index contributed by atoms with van der Waals surface area (Å²) in [5.41, 5.74) is 1.41. The van der Waals surface area contributed by atoms with Crippen molar-refractivity contribution < 1.29 is 14.0 Å². The van der Waals surface area contributed by atoms with Crippen molar-refractivity contribution in [2.45, 2.75) is 20.0 Å². The molecule has 144 valence electrons. The fraction of sp³-hybridized carbons (Fsp3) is 0.158. The van der Waals surface area contributed by atoms with Gasteiger partial charge >= 0.3 is 0 Å². The highest BCUT2D eigenvalue weighted by Crippen LogP contribution is 2.21. The molecular weight excluding hydrogens is 403 g/mol. The van der Waals surface area contributed by atoms with Gasteiger partial charge in [-0.2, -0.15) is 0 Å². The lowest BCUT2D eigenvalue weighted by Gasteiger charge is -2.07. The van der Waals surface area contributed by atoms with Gasteiger partial charge in [-0.05, 0) is 36.2 Å². The quantitative estimate of drug-likeness (QED) is 0.641. The van der Waals surface area contributed by atoms with E-state index >= 15 is 0 Å². The Morgan fingerprint density at radius 1 is 1.04 bits per heavy atom. The Kier molecular flexibility index (Phi) is 6.33. The van der Waals surface area contributed by atoms with Gasteiger partial charge in [0.15, 0.2) is 0 Å². The molecule has 0 saturated carbocycles. The number of hydrogen-bond acceptors (Lipinski definition) is 5. The van der Waals surface area contributed by atoms with Crippen molar-refractivity contribution in [1.82, 2.24) is 20.6 Å². The molecule has 0 bridgehead atoms. The van der Waals surface area contributed by atoms with Crippen LogP contribution in [0.1, 0.15) is 37.0 Å². The van der Waals surface area contributed by atoms with E-state index < -0.39 is 11.8 Å². The molecule has 1 aromatic carbocycles. The van der Waals surface area contributed by atoms with Crippen LogP contribution in [-0.2, 0) is 13.1 Å². The molecule has 0 saturated heterocycles. The summed E-state index contributed by atoms with van der Waals surface area (Å²) in [6, 6.07) is 9.50. The SMILES string of the molecule is Cc1cc(CNC(=O)c2cc(C(=O)NCc3ccc(Cl)s3)ncn2)ccc1F. The number of thiophene rings is 1. The van der Waals surface area contributed by atoms with Crippen LogP contribution in [-0.4, -0.2) is 21.8 Å². The van der Waals surface area contributed by atoms with E-state index in [9.17, 15) is 14.0 Å².